The fraction of sp³-hybridized carbons (Fsp3) is 0.286. The number of carbonyl (C=O) groups excluding carboxylic acids is 1. The molecule has 0 spiro atoms. The smallest absolute Gasteiger partial charge is 0.167 e. The van der Waals surface area contributed by atoms with Crippen LogP contribution in [0.1, 0.15) is 54.0 Å². The molecular formula is C35H37IrN2O2-. The van der Waals surface area contributed by atoms with Crippen LogP contribution in [0, 0.1) is 23.8 Å². The van der Waals surface area contributed by atoms with Crippen LogP contribution in [0.2, 0.25) is 0 Å². The second-order valence-electron chi connectivity index (χ2n) is 12.2. The van der Waals surface area contributed by atoms with Crippen LogP contribution < -0.4 is 0 Å². The van der Waals surface area contributed by atoms with Crippen molar-refractivity contribution in [2.24, 2.45) is 10.8 Å². The number of aryl methyl sites for hydroxylation is 1. The molecule has 5 aromatic rings. The number of benzene rings is 4. The molecule has 0 aliphatic carbocycles. The zero-order valence-electron chi connectivity index (χ0n) is 24.5. The molecule has 4 aromatic carbocycles. The van der Waals surface area contributed by atoms with Crippen LogP contribution in [0.15, 0.2) is 84.4 Å². The van der Waals surface area contributed by atoms with Crippen LogP contribution in [-0.4, -0.2) is 20.9 Å². The van der Waals surface area contributed by atoms with E-state index in [-0.39, 0.29) is 37.1 Å². The fourth-order valence-corrected chi connectivity index (χ4v) is 4.67. The van der Waals surface area contributed by atoms with Gasteiger partial charge in [0.15, 0.2) is 5.78 Å². The molecule has 0 aliphatic heterocycles. The summed E-state index contributed by atoms with van der Waals surface area (Å²) in [6.45, 7) is 15.0. The van der Waals surface area contributed by atoms with Gasteiger partial charge in [-0.1, -0.05) is 101 Å². The average Bonchev–Trinajstić information content (AvgIpc) is 2.90. The molecule has 209 valence electrons. The Morgan fingerprint density at radius 2 is 1.45 bits per heavy atom. The molecule has 0 aliphatic rings. The molecule has 0 bridgehead atoms. The predicted octanol–water partition coefficient (Wildman–Crippen LogP) is 9.19. The third-order valence-corrected chi connectivity index (χ3v) is 6.80. The van der Waals surface area contributed by atoms with Crippen LogP contribution in [0.4, 0.5) is 0 Å². The summed E-state index contributed by atoms with van der Waals surface area (Å²) < 4.78 is 0. The van der Waals surface area contributed by atoms with Gasteiger partial charge in [0, 0.05) is 41.9 Å². The minimum atomic E-state index is -0.427. The normalized spacial score (nSPS) is 12.4. The molecule has 1 radical (unpaired) electrons. The van der Waals surface area contributed by atoms with Gasteiger partial charge in [0.1, 0.15) is 12.1 Å². The maximum atomic E-state index is 11.8. The standard InChI is InChI=1S/C23H15N2.C12H22O2.Ir/c1-15-6-7-17-10-11-20-22(24-14-25-23(20)21(17)12-15)19-9-8-16-4-2-3-5-18(16)13-19;1-8(9(13)11(2,3)4)10(14)12(5,6)7;/h2-8,10-14H,1H3;13H,1-7H3;/q-1;;/b;9-8-;. The molecule has 0 saturated carbocycles. The van der Waals surface area contributed by atoms with E-state index >= 15 is 0 Å². The minimum absolute atomic E-state index is 0. The van der Waals surface area contributed by atoms with E-state index < -0.39 is 5.41 Å². The molecule has 0 fully saturated rings. The van der Waals surface area contributed by atoms with Gasteiger partial charge in [-0.3, -0.25) is 9.78 Å². The Morgan fingerprint density at radius 1 is 0.800 bits per heavy atom. The summed E-state index contributed by atoms with van der Waals surface area (Å²) in [6.07, 6.45) is 1.66. The van der Waals surface area contributed by atoms with Crippen molar-refractivity contribution in [1.29, 1.82) is 0 Å². The SMILES string of the molecule is C/C(C(=O)C(C)(C)C)=C(/O)C(C)(C)C.Cc1ccc2ccc3c(-c4[c-]cc5ccccc5c4)ncnc3c2c1.[Ir]. The maximum Gasteiger partial charge on any atom is 0.167 e. The molecule has 40 heavy (non-hydrogen) atoms. The van der Waals surface area contributed by atoms with Crippen LogP contribution in [0.25, 0.3) is 43.7 Å². The quantitative estimate of drug-likeness (QED) is 0.0860. The zero-order chi connectivity index (χ0) is 28.5. The van der Waals surface area contributed by atoms with E-state index in [0.717, 1.165) is 22.2 Å². The molecule has 5 rings (SSSR count). The van der Waals surface area contributed by atoms with Crippen LogP contribution in [0.5, 0.6) is 0 Å². The first-order valence-electron chi connectivity index (χ1n) is 13.3. The van der Waals surface area contributed by atoms with Gasteiger partial charge < -0.3 is 5.11 Å². The zero-order valence-corrected chi connectivity index (χ0v) is 26.9. The monoisotopic (exact) mass is 710 g/mol. The van der Waals surface area contributed by atoms with Crippen molar-refractivity contribution >= 4 is 38.2 Å². The van der Waals surface area contributed by atoms with Gasteiger partial charge in [-0.05, 0) is 36.4 Å². The number of fused-ring (bicyclic) bond motifs is 4. The summed E-state index contributed by atoms with van der Waals surface area (Å²) in [6, 6.07) is 26.6. The van der Waals surface area contributed by atoms with Crippen molar-refractivity contribution in [2.75, 3.05) is 0 Å². The third kappa shape index (κ3) is 6.66. The van der Waals surface area contributed by atoms with Gasteiger partial charge in [0.2, 0.25) is 0 Å². The molecule has 0 unspecified atom stereocenters. The van der Waals surface area contributed by atoms with Gasteiger partial charge in [0.25, 0.3) is 0 Å². The number of aromatic nitrogens is 2. The number of allylic oxidation sites excluding steroid dienone is 2. The summed E-state index contributed by atoms with van der Waals surface area (Å²) in [5.41, 5.74) is 3.85. The van der Waals surface area contributed by atoms with Gasteiger partial charge >= 0.3 is 0 Å². The summed E-state index contributed by atoms with van der Waals surface area (Å²) in [5, 5.41) is 15.7. The molecule has 1 aromatic heterocycles. The molecule has 5 heteroatoms. The number of hydrogen-bond donors (Lipinski definition) is 1. The van der Waals surface area contributed by atoms with E-state index in [1.54, 1.807) is 13.3 Å². The Kier molecular flexibility index (Phi) is 9.34. The van der Waals surface area contributed by atoms with E-state index in [4.69, 9.17) is 0 Å². The first-order chi connectivity index (χ1) is 18.3. The molecule has 4 nitrogen and oxygen atoms in total. The Bertz CT molecular complexity index is 1720. The topological polar surface area (TPSA) is 63.1 Å². The summed E-state index contributed by atoms with van der Waals surface area (Å²) in [4.78, 5) is 21.0. The van der Waals surface area contributed by atoms with Crippen LogP contribution >= 0.6 is 0 Å². The molecular weight excluding hydrogens is 673 g/mol. The first-order valence-corrected chi connectivity index (χ1v) is 13.3. The van der Waals surface area contributed by atoms with Gasteiger partial charge in [-0.25, -0.2) is 4.98 Å². The summed E-state index contributed by atoms with van der Waals surface area (Å²) >= 11 is 0. The van der Waals surface area contributed by atoms with Crippen molar-refractivity contribution in [3.05, 3.63) is 96.0 Å². The second kappa shape index (κ2) is 12.0. The largest absolute Gasteiger partial charge is 0.511 e. The number of rotatable bonds is 2. The number of aliphatic hydroxyl groups excluding tert-OH is 1. The van der Waals surface area contributed by atoms with Gasteiger partial charge in [-0.15, -0.1) is 29.1 Å². The van der Waals surface area contributed by atoms with E-state index in [2.05, 4.69) is 77.6 Å². The molecule has 0 atom stereocenters. The number of carbonyl (C=O) groups is 1. The van der Waals surface area contributed by atoms with E-state index in [9.17, 15) is 9.90 Å². The fourth-order valence-electron chi connectivity index (χ4n) is 4.67. The minimum Gasteiger partial charge on any atom is -0.511 e. The number of nitrogens with zero attached hydrogens (tertiary/aromatic N) is 2. The molecule has 1 N–H and O–H groups in total. The Labute approximate surface area is 250 Å². The van der Waals surface area contributed by atoms with Crippen molar-refractivity contribution in [2.45, 2.75) is 55.4 Å². The molecule has 0 saturated heterocycles. The van der Waals surface area contributed by atoms with Gasteiger partial charge in [-0.2, -0.15) is 0 Å². The Balaban J connectivity index is 0.000000255. The van der Waals surface area contributed by atoms with Gasteiger partial charge in [0.05, 0.1) is 5.52 Å². The first kappa shape index (κ1) is 31.1. The summed E-state index contributed by atoms with van der Waals surface area (Å²) in [5.74, 6) is 0.197. The average molecular weight is 710 g/mol. The Morgan fingerprint density at radius 3 is 2.10 bits per heavy atom. The number of hydrogen-bond acceptors (Lipinski definition) is 4. The van der Waals surface area contributed by atoms with E-state index in [1.807, 2.05) is 53.7 Å². The maximum absolute atomic E-state index is 11.8. The van der Waals surface area contributed by atoms with E-state index in [0.29, 0.717) is 5.57 Å². The number of ketones is 1. The number of aliphatic hydroxyl groups is 1. The van der Waals surface area contributed by atoms with Crippen molar-refractivity contribution in [1.82, 2.24) is 9.97 Å². The summed E-state index contributed by atoms with van der Waals surface area (Å²) in [7, 11) is 0. The van der Waals surface area contributed by atoms with E-state index in [1.165, 1.54) is 27.1 Å². The van der Waals surface area contributed by atoms with Crippen molar-refractivity contribution in [3.8, 4) is 11.3 Å². The third-order valence-electron chi connectivity index (χ3n) is 6.80. The molecule has 0 amide bonds. The van der Waals surface area contributed by atoms with Crippen molar-refractivity contribution < 1.29 is 30.0 Å². The van der Waals surface area contributed by atoms with Crippen molar-refractivity contribution in [3.63, 3.8) is 0 Å². The van der Waals surface area contributed by atoms with Crippen LogP contribution in [0.3, 0.4) is 0 Å². The Hall–Kier alpha value is -3.40. The van der Waals surface area contributed by atoms with Crippen LogP contribution in [-0.2, 0) is 24.9 Å². The molecule has 1 heterocycles. The number of Topliss-reactive ketones (excluding diaryl/α,β-unsaturated/α-hetero) is 1. The predicted molar refractivity (Wildman–Crippen MR) is 163 cm³/mol. The second-order valence-corrected chi connectivity index (χ2v) is 12.2.